The number of rotatable bonds is 8. The molecule has 0 aliphatic rings. The third kappa shape index (κ3) is 7.29. The summed E-state index contributed by atoms with van der Waals surface area (Å²) in [6.45, 7) is 4.99. The molecule has 0 saturated heterocycles. The lowest BCUT2D eigenvalue weighted by molar-refractivity contribution is -0.140. The number of halogens is 4. The van der Waals surface area contributed by atoms with Crippen molar-refractivity contribution in [1.82, 2.24) is 20.9 Å². The van der Waals surface area contributed by atoms with Crippen LogP contribution in [-0.4, -0.2) is 43.0 Å². The monoisotopic (exact) mass is 445 g/mol. The third-order valence-corrected chi connectivity index (χ3v) is 4.83. The molecule has 11 heteroatoms. The van der Waals surface area contributed by atoms with Gasteiger partial charge in [-0.2, -0.15) is 13.2 Å². The zero-order valence-electron chi connectivity index (χ0n) is 16.6. The second kappa shape index (κ2) is 10.9. The number of carbonyl (C=O) groups excluding carboxylic acids is 1. The van der Waals surface area contributed by atoms with Gasteiger partial charge in [0.1, 0.15) is 5.82 Å². The van der Waals surface area contributed by atoms with Crippen molar-refractivity contribution in [2.45, 2.75) is 26.4 Å². The minimum Gasteiger partial charge on any atom is -0.357 e. The first-order valence-electron chi connectivity index (χ1n) is 9.28. The summed E-state index contributed by atoms with van der Waals surface area (Å²) in [6, 6.07) is 4.28. The van der Waals surface area contributed by atoms with Crippen LogP contribution in [0, 0.1) is 12.7 Å². The predicted octanol–water partition coefficient (Wildman–Crippen LogP) is 3.14. The van der Waals surface area contributed by atoms with E-state index < -0.39 is 17.7 Å². The minimum atomic E-state index is -4.44. The van der Waals surface area contributed by atoms with Crippen LogP contribution in [0.5, 0.6) is 0 Å². The van der Waals surface area contributed by atoms with Crippen molar-refractivity contribution in [3.8, 4) is 0 Å². The SMILES string of the molecule is CCNC(=NCCc1nc(C(F)(F)F)cs1)NCCNC(=O)c1ccc(C)c(F)c1. The highest BCUT2D eigenvalue weighted by atomic mass is 32.1. The van der Waals surface area contributed by atoms with Crippen molar-refractivity contribution < 1.29 is 22.4 Å². The highest BCUT2D eigenvalue weighted by molar-refractivity contribution is 7.09. The Morgan fingerprint density at radius 1 is 1.20 bits per heavy atom. The van der Waals surface area contributed by atoms with Gasteiger partial charge in [-0.25, -0.2) is 9.37 Å². The number of hydrogen-bond donors (Lipinski definition) is 3. The van der Waals surface area contributed by atoms with Crippen LogP contribution in [-0.2, 0) is 12.6 Å². The quantitative estimate of drug-likeness (QED) is 0.253. The number of aromatic nitrogens is 1. The topological polar surface area (TPSA) is 78.4 Å². The molecule has 1 amide bonds. The van der Waals surface area contributed by atoms with E-state index in [1.54, 1.807) is 19.1 Å². The van der Waals surface area contributed by atoms with Gasteiger partial charge in [0.05, 0.1) is 5.01 Å². The molecule has 3 N–H and O–H groups in total. The average molecular weight is 445 g/mol. The molecule has 1 heterocycles. The molecule has 0 spiro atoms. The summed E-state index contributed by atoms with van der Waals surface area (Å²) in [5.74, 6) is -0.354. The fraction of sp³-hybridized carbons (Fsp3) is 0.421. The highest BCUT2D eigenvalue weighted by Crippen LogP contribution is 2.30. The molecule has 2 aromatic rings. The molecule has 0 bridgehead atoms. The van der Waals surface area contributed by atoms with Gasteiger partial charge in [0.2, 0.25) is 0 Å². The first kappa shape index (κ1) is 23.6. The van der Waals surface area contributed by atoms with Gasteiger partial charge < -0.3 is 16.0 Å². The Morgan fingerprint density at radius 2 is 1.93 bits per heavy atom. The van der Waals surface area contributed by atoms with E-state index in [0.717, 1.165) is 16.7 Å². The Labute approximate surface area is 175 Å². The molecule has 0 aliphatic carbocycles. The van der Waals surface area contributed by atoms with Crippen molar-refractivity contribution in [2.75, 3.05) is 26.2 Å². The fourth-order valence-corrected chi connectivity index (χ4v) is 3.15. The molecule has 0 fully saturated rings. The van der Waals surface area contributed by atoms with Crippen molar-refractivity contribution in [1.29, 1.82) is 0 Å². The van der Waals surface area contributed by atoms with Crippen LogP contribution in [0.2, 0.25) is 0 Å². The Kier molecular flexibility index (Phi) is 8.58. The lowest BCUT2D eigenvalue weighted by Crippen LogP contribution is -2.41. The number of amides is 1. The number of alkyl halides is 3. The van der Waals surface area contributed by atoms with Gasteiger partial charge in [0.15, 0.2) is 11.7 Å². The van der Waals surface area contributed by atoms with Crippen LogP contribution in [0.15, 0.2) is 28.6 Å². The van der Waals surface area contributed by atoms with Gasteiger partial charge >= 0.3 is 6.18 Å². The molecule has 0 atom stereocenters. The molecule has 2 rings (SSSR count). The van der Waals surface area contributed by atoms with Gasteiger partial charge in [-0.1, -0.05) is 6.07 Å². The van der Waals surface area contributed by atoms with Crippen molar-refractivity contribution in [3.63, 3.8) is 0 Å². The van der Waals surface area contributed by atoms with Crippen LogP contribution in [0.4, 0.5) is 17.6 Å². The number of thiazole rings is 1. The van der Waals surface area contributed by atoms with E-state index in [2.05, 4.69) is 25.9 Å². The zero-order valence-corrected chi connectivity index (χ0v) is 17.4. The molecule has 1 aromatic carbocycles. The standard InChI is InChI=1S/C19H23F4N5OS/c1-3-24-18(26-7-6-16-28-15(11-30-16)19(21,22)23)27-9-8-25-17(29)13-5-4-12(2)14(20)10-13/h4-5,10-11H,3,6-9H2,1-2H3,(H,25,29)(H2,24,26,27). The lowest BCUT2D eigenvalue weighted by Gasteiger charge is -2.12. The van der Waals surface area contributed by atoms with Crippen molar-refractivity contribution in [3.05, 3.63) is 51.2 Å². The van der Waals surface area contributed by atoms with Crippen LogP contribution < -0.4 is 16.0 Å². The summed E-state index contributed by atoms with van der Waals surface area (Å²) in [4.78, 5) is 19.9. The molecule has 0 saturated carbocycles. The maximum atomic E-state index is 13.5. The van der Waals surface area contributed by atoms with Crippen LogP contribution in [0.3, 0.4) is 0 Å². The number of nitrogens with zero attached hydrogens (tertiary/aromatic N) is 2. The van der Waals surface area contributed by atoms with Gasteiger partial charge in [-0.15, -0.1) is 11.3 Å². The molecule has 6 nitrogen and oxygen atoms in total. The molecular weight excluding hydrogens is 422 g/mol. The van der Waals surface area contributed by atoms with Gasteiger partial charge in [0.25, 0.3) is 5.91 Å². The van der Waals surface area contributed by atoms with E-state index in [9.17, 15) is 22.4 Å². The second-order valence-corrected chi connectivity index (χ2v) is 7.22. The Morgan fingerprint density at radius 3 is 2.57 bits per heavy atom. The molecule has 1 aromatic heterocycles. The third-order valence-electron chi connectivity index (χ3n) is 3.92. The summed E-state index contributed by atoms with van der Waals surface area (Å²) >= 11 is 0.950. The zero-order chi connectivity index (χ0) is 22.1. The van der Waals surface area contributed by atoms with Crippen LogP contribution in [0.1, 0.15) is 33.5 Å². The molecule has 0 unspecified atom stereocenters. The summed E-state index contributed by atoms with van der Waals surface area (Å²) in [5, 5.41) is 10.1. The maximum absolute atomic E-state index is 13.5. The first-order chi connectivity index (χ1) is 14.2. The number of hydrogen-bond acceptors (Lipinski definition) is 4. The van der Waals surface area contributed by atoms with Gasteiger partial charge in [-0.3, -0.25) is 9.79 Å². The number of guanidine groups is 1. The van der Waals surface area contributed by atoms with E-state index in [0.29, 0.717) is 29.6 Å². The Balaban J connectivity index is 1.78. The Hall–Kier alpha value is -2.69. The van der Waals surface area contributed by atoms with Crippen LogP contribution in [0.25, 0.3) is 0 Å². The molecule has 164 valence electrons. The van der Waals surface area contributed by atoms with E-state index in [4.69, 9.17) is 0 Å². The number of nitrogens with one attached hydrogen (secondary N) is 3. The molecule has 30 heavy (non-hydrogen) atoms. The lowest BCUT2D eigenvalue weighted by atomic mass is 10.1. The number of carbonyl (C=O) groups is 1. The molecular formula is C19H23F4N5OS. The highest BCUT2D eigenvalue weighted by Gasteiger charge is 2.33. The van der Waals surface area contributed by atoms with E-state index in [1.807, 2.05) is 6.92 Å². The van der Waals surface area contributed by atoms with Crippen molar-refractivity contribution in [2.24, 2.45) is 4.99 Å². The maximum Gasteiger partial charge on any atom is 0.434 e. The van der Waals surface area contributed by atoms with Crippen molar-refractivity contribution >= 4 is 23.2 Å². The van der Waals surface area contributed by atoms with E-state index >= 15 is 0 Å². The summed E-state index contributed by atoms with van der Waals surface area (Å²) < 4.78 is 51.3. The normalized spacial score (nSPS) is 12.0. The van der Waals surface area contributed by atoms with Gasteiger partial charge in [0, 0.05) is 43.5 Å². The first-order valence-corrected chi connectivity index (χ1v) is 10.2. The van der Waals surface area contributed by atoms with Crippen LogP contribution >= 0.6 is 11.3 Å². The fourth-order valence-electron chi connectivity index (χ4n) is 2.35. The predicted molar refractivity (Wildman–Crippen MR) is 108 cm³/mol. The average Bonchev–Trinajstić information content (AvgIpc) is 3.16. The minimum absolute atomic E-state index is 0.236. The molecule has 0 aliphatic heterocycles. The van der Waals surface area contributed by atoms with Gasteiger partial charge in [-0.05, 0) is 31.5 Å². The second-order valence-electron chi connectivity index (χ2n) is 6.28. The largest absolute Gasteiger partial charge is 0.434 e. The number of aliphatic imine (C=N–C) groups is 1. The van der Waals surface area contributed by atoms with E-state index in [-0.39, 0.29) is 31.0 Å². The van der Waals surface area contributed by atoms with E-state index in [1.165, 1.54) is 6.07 Å². The molecule has 0 radical (unpaired) electrons. The smallest absolute Gasteiger partial charge is 0.357 e. The summed E-state index contributed by atoms with van der Waals surface area (Å²) in [6.07, 6.45) is -4.16. The number of benzene rings is 1. The number of aryl methyl sites for hydroxylation is 1. The summed E-state index contributed by atoms with van der Waals surface area (Å²) in [5.41, 5.74) is -0.187. The summed E-state index contributed by atoms with van der Waals surface area (Å²) in [7, 11) is 0. The Bertz CT molecular complexity index is 882.